The smallest absolute Gasteiger partial charge is 0.209 e. The minimum Gasteiger partial charge on any atom is -0.383 e. The summed E-state index contributed by atoms with van der Waals surface area (Å²) in [5.74, 6) is 1.74. The molecule has 0 aliphatic heterocycles. The molecule has 0 aliphatic carbocycles. The van der Waals surface area contributed by atoms with Crippen molar-refractivity contribution >= 4 is 28.5 Å². The van der Waals surface area contributed by atoms with Crippen LogP contribution < -0.4 is 5.73 Å². The number of nitrogens with two attached hydrogens (primary N) is 1. The van der Waals surface area contributed by atoms with Crippen molar-refractivity contribution in [1.82, 2.24) is 30.2 Å². The zero-order valence-electron chi connectivity index (χ0n) is 10.2. The topological polar surface area (TPSA) is 95.4 Å². The van der Waals surface area contributed by atoms with Gasteiger partial charge in [-0.25, -0.2) is 14.6 Å². The molecule has 0 saturated carbocycles. The van der Waals surface area contributed by atoms with Crippen molar-refractivity contribution in [1.29, 1.82) is 0 Å². The van der Waals surface area contributed by atoms with Crippen molar-refractivity contribution in [3.05, 3.63) is 30.1 Å². The predicted molar refractivity (Wildman–Crippen MR) is 72.3 cm³/mol. The van der Waals surface area contributed by atoms with Crippen LogP contribution in [0.15, 0.2) is 29.4 Å². The predicted octanol–water partition coefficient (Wildman–Crippen LogP) is 1.03. The highest BCUT2D eigenvalue weighted by atomic mass is 32.2. The number of fused-ring (bicyclic) bond motifs is 1. The molecule has 19 heavy (non-hydrogen) atoms. The maximum Gasteiger partial charge on any atom is 0.209 e. The number of aromatic nitrogens is 6. The Morgan fingerprint density at radius 2 is 2.11 bits per heavy atom. The monoisotopic (exact) mass is 273 g/mol. The zero-order valence-corrected chi connectivity index (χ0v) is 11.0. The number of hydrogen-bond acceptors (Lipinski definition) is 7. The number of thioether (sulfide) groups is 1. The van der Waals surface area contributed by atoms with Gasteiger partial charge in [-0.3, -0.25) is 0 Å². The molecule has 2 heterocycles. The lowest BCUT2D eigenvalue weighted by Gasteiger charge is -2.04. The molecule has 0 bridgehead atoms. The van der Waals surface area contributed by atoms with Gasteiger partial charge in [0.25, 0.3) is 0 Å². The molecule has 0 unspecified atom stereocenters. The third-order valence-corrected chi connectivity index (χ3v) is 3.60. The first-order chi connectivity index (χ1) is 9.24. The van der Waals surface area contributed by atoms with Crippen LogP contribution in [0.4, 0.5) is 5.82 Å². The summed E-state index contributed by atoms with van der Waals surface area (Å²) in [6, 6.07) is 7.68. The summed E-state index contributed by atoms with van der Waals surface area (Å²) in [6.07, 6.45) is 0. The quantitative estimate of drug-likeness (QED) is 0.712. The first-order valence-electron chi connectivity index (χ1n) is 5.60. The molecule has 0 radical (unpaired) electrons. The van der Waals surface area contributed by atoms with Gasteiger partial charge in [0.2, 0.25) is 5.16 Å². The highest BCUT2D eigenvalue weighted by Gasteiger charge is 2.08. The van der Waals surface area contributed by atoms with E-state index in [1.165, 1.54) is 11.8 Å². The summed E-state index contributed by atoms with van der Waals surface area (Å²) >= 11 is 1.47. The summed E-state index contributed by atoms with van der Waals surface area (Å²) < 4.78 is 1.61. The minimum absolute atomic E-state index is 0.497. The molecule has 2 N–H and O–H groups in total. The summed E-state index contributed by atoms with van der Waals surface area (Å²) in [7, 11) is 1.79. The Balaban J connectivity index is 1.87. The summed E-state index contributed by atoms with van der Waals surface area (Å²) in [5, 5.41) is 12.8. The Hall–Kier alpha value is -2.22. The number of nitrogens with zero attached hydrogens (tertiary/aromatic N) is 6. The van der Waals surface area contributed by atoms with Crippen LogP contribution in [0.25, 0.3) is 10.9 Å². The van der Waals surface area contributed by atoms with Gasteiger partial charge >= 0.3 is 0 Å². The molecule has 1 aromatic carbocycles. The normalized spacial score (nSPS) is 11.0. The third kappa shape index (κ3) is 2.34. The van der Waals surface area contributed by atoms with E-state index >= 15 is 0 Å². The second-order valence-corrected chi connectivity index (χ2v) is 4.86. The lowest BCUT2D eigenvalue weighted by molar-refractivity contribution is 0.664. The molecule has 0 atom stereocenters. The van der Waals surface area contributed by atoms with Gasteiger partial charge < -0.3 is 5.73 Å². The van der Waals surface area contributed by atoms with E-state index in [4.69, 9.17) is 5.73 Å². The van der Waals surface area contributed by atoms with E-state index in [0.717, 1.165) is 16.1 Å². The van der Waals surface area contributed by atoms with Gasteiger partial charge in [0.15, 0.2) is 0 Å². The lowest BCUT2D eigenvalue weighted by atomic mass is 10.2. The highest BCUT2D eigenvalue weighted by Crippen LogP contribution is 2.21. The number of hydrogen-bond donors (Lipinski definition) is 1. The van der Waals surface area contributed by atoms with Crippen molar-refractivity contribution < 1.29 is 0 Å². The summed E-state index contributed by atoms with van der Waals surface area (Å²) in [6.45, 7) is 0. The van der Waals surface area contributed by atoms with Gasteiger partial charge in [-0.2, -0.15) is 0 Å². The van der Waals surface area contributed by atoms with Crippen LogP contribution in [-0.2, 0) is 12.8 Å². The molecular weight excluding hydrogens is 262 g/mol. The molecule has 0 fully saturated rings. The number of para-hydroxylation sites is 1. The molecule has 3 aromatic rings. The van der Waals surface area contributed by atoms with Crippen molar-refractivity contribution in [2.45, 2.75) is 10.9 Å². The van der Waals surface area contributed by atoms with Gasteiger partial charge in [-0.1, -0.05) is 23.9 Å². The minimum atomic E-state index is 0.497. The number of nitrogen functional groups attached to an aromatic ring is 1. The van der Waals surface area contributed by atoms with Gasteiger partial charge in [0, 0.05) is 12.4 Å². The van der Waals surface area contributed by atoms with Crippen LogP contribution in [-0.4, -0.2) is 30.2 Å². The molecule has 2 aromatic heterocycles. The first kappa shape index (κ1) is 11.8. The standard InChI is InChI=1S/C11H11N7S/c1-18-11(15-16-17-18)19-6-9-13-8-5-3-2-4-7(8)10(12)14-9/h2-5H,6H2,1H3,(H2,12,13,14). The van der Waals surface area contributed by atoms with Crippen molar-refractivity contribution in [2.24, 2.45) is 7.05 Å². The largest absolute Gasteiger partial charge is 0.383 e. The SMILES string of the molecule is Cn1nnnc1SCc1nc(N)c2ccccc2n1. The highest BCUT2D eigenvalue weighted by molar-refractivity contribution is 7.98. The van der Waals surface area contributed by atoms with Crippen LogP contribution in [0.1, 0.15) is 5.82 Å². The molecule has 3 rings (SSSR count). The number of anilines is 1. The fourth-order valence-corrected chi connectivity index (χ4v) is 2.39. The zero-order chi connectivity index (χ0) is 13.2. The maximum absolute atomic E-state index is 5.93. The van der Waals surface area contributed by atoms with Crippen LogP contribution in [0, 0.1) is 0 Å². The van der Waals surface area contributed by atoms with Crippen molar-refractivity contribution in [3.63, 3.8) is 0 Å². The second kappa shape index (κ2) is 4.81. The van der Waals surface area contributed by atoms with E-state index in [1.807, 2.05) is 24.3 Å². The van der Waals surface area contributed by atoms with Gasteiger partial charge in [-0.05, 0) is 22.6 Å². The second-order valence-electron chi connectivity index (χ2n) is 3.92. The Morgan fingerprint density at radius 1 is 1.26 bits per heavy atom. The molecule has 0 amide bonds. The molecule has 0 spiro atoms. The van der Waals surface area contributed by atoms with E-state index < -0.39 is 0 Å². The fourth-order valence-electron chi connectivity index (χ4n) is 1.69. The first-order valence-corrected chi connectivity index (χ1v) is 6.59. The number of rotatable bonds is 3. The van der Waals surface area contributed by atoms with E-state index in [2.05, 4.69) is 25.5 Å². The summed E-state index contributed by atoms with van der Waals surface area (Å²) in [5.41, 5.74) is 6.78. The Bertz CT molecular complexity index is 724. The third-order valence-electron chi connectivity index (χ3n) is 2.59. The van der Waals surface area contributed by atoms with Gasteiger partial charge in [0.1, 0.15) is 11.6 Å². The summed E-state index contributed by atoms with van der Waals surface area (Å²) in [4.78, 5) is 8.77. The fraction of sp³-hybridized carbons (Fsp3) is 0.182. The Kier molecular flexibility index (Phi) is 3.00. The Labute approximate surface area is 113 Å². The maximum atomic E-state index is 5.93. The van der Waals surface area contributed by atoms with Crippen LogP contribution in [0.3, 0.4) is 0 Å². The number of benzene rings is 1. The van der Waals surface area contributed by atoms with E-state index in [9.17, 15) is 0 Å². The molecule has 0 aliphatic rings. The van der Waals surface area contributed by atoms with Gasteiger partial charge in [0.05, 0.1) is 11.3 Å². The molecule has 8 heteroatoms. The molecule has 7 nitrogen and oxygen atoms in total. The van der Waals surface area contributed by atoms with Crippen LogP contribution >= 0.6 is 11.8 Å². The van der Waals surface area contributed by atoms with E-state index in [0.29, 0.717) is 17.4 Å². The van der Waals surface area contributed by atoms with Crippen molar-refractivity contribution in [2.75, 3.05) is 5.73 Å². The average molecular weight is 273 g/mol. The lowest BCUT2D eigenvalue weighted by Crippen LogP contribution is -2.00. The van der Waals surface area contributed by atoms with Crippen LogP contribution in [0.2, 0.25) is 0 Å². The van der Waals surface area contributed by atoms with E-state index in [1.54, 1.807) is 11.7 Å². The van der Waals surface area contributed by atoms with Gasteiger partial charge in [-0.15, -0.1) is 5.10 Å². The van der Waals surface area contributed by atoms with E-state index in [-0.39, 0.29) is 0 Å². The molecule has 96 valence electrons. The molecule has 0 saturated heterocycles. The molecular formula is C11H11N7S. The van der Waals surface area contributed by atoms with Crippen LogP contribution in [0.5, 0.6) is 0 Å². The van der Waals surface area contributed by atoms with Crippen molar-refractivity contribution in [3.8, 4) is 0 Å². The number of tetrazole rings is 1. The average Bonchev–Trinajstić information content (AvgIpc) is 2.82. The Morgan fingerprint density at radius 3 is 2.89 bits per heavy atom. The number of aryl methyl sites for hydroxylation is 1.